The summed E-state index contributed by atoms with van der Waals surface area (Å²) in [7, 11) is 0. The average molecular weight is 504 g/mol. The normalized spacial score (nSPS) is 20.6. The molecule has 3 aliphatic rings. The van der Waals surface area contributed by atoms with Gasteiger partial charge in [-0.15, -0.1) is 0 Å². The van der Waals surface area contributed by atoms with Crippen LogP contribution in [-0.4, -0.2) is 63.1 Å². The fourth-order valence-corrected chi connectivity index (χ4v) is 5.77. The first kappa shape index (κ1) is 24.4. The number of nitrogens with zero attached hydrogens (tertiary/aromatic N) is 4. The smallest absolute Gasteiger partial charge is 0.325 e. The van der Waals surface area contributed by atoms with Crippen molar-refractivity contribution in [1.82, 2.24) is 19.7 Å². The molecule has 1 aliphatic carbocycles. The molecule has 2 N–H and O–H groups in total. The second kappa shape index (κ2) is 10.8. The number of nitrogens with one attached hydrogen (secondary N) is 1. The fourth-order valence-electron chi connectivity index (χ4n) is 5.77. The van der Waals surface area contributed by atoms with Crippen LogP contribution in [0.2, 0.25) is 0 Å². The van der Waals surface area contributed by atoms with Crippen LogP contribution < -0.4 is 5.32 Å². The van der Waals surface area contributed by atoms with E-state index in [4.69, 9.17) is 14.8 Å². The molecular weight excluding hydrogens is 466 g/mol. The SMILES string of the molecule is O=C(O)C(c1cccc2cn(CC3CC3)nc12)N1CCC(OCCCCc2ccc3c(n2)NCCC3)C1. The Hall–Kier alpha value is -2.97. The van der Waals surface area contributed by atoms with Crippen LogP contribution in [0.3, 0.4) is 0 Å². The second-order valence-electron chi connectivity index (χ2n) is 10.9. The third-order valence-corrected chi connectivity index (χ3v) is 7.96. The number of rotatable bonds is 11. The number of likely N-dealkylation sites (tertiary alicyclic amines) is 1. The molecular formula is C29H37N5O3. The van der Waals surface area contributed by atoms with Gasteiger partial charge in [-0.3, -0.25) is 14.4 Å². The van der Waals surface area contributed by atoms with Gasteiger partial charge in [0.2, 0.25) is 0 Å². The molecule has 3 aromatic rings. The van der Waals surface area contributed by atoms with Crippen molar-refractivity contribution in [2.24, 2.45) is 5.92 Å². The number of carbonyl (C=O) groups is 1. The summed E-state index contributed by atoms with van der Waals surface area (Å²) in [5.74, 6) is 0.956. The molecule has 0 spiro atoms. The van der Waals surface area contributed by atoms with Crippen molar-refractivity contribution in [2.75, 3.05) is 31.6 Å². The van der Waals surface area contributed by atoms with Gasteiger partial charge in [0.05, 0.1) is 11.6 Å². The molecule has 6 rings (SSSR count). The Kier molecular flexibility index (Phi) is 7.11. The number of unbranched alkanes of at least 4 members (excludes halogenated alkanes) is 1. The molecule has 2 aromatic heterocycles. The standard InChI is InChI=1S/C29H37N5O3/c35-29(36)27(25-8-3-5-22-18-34(32-26(22)25)17-20-9-10-20)33-15-13-24(19-33)37-16-2-1-7-23-12-11-21-6-4-14-30-28(21)31-23/h3,5,8,11-12,18,20,24,27H,1-2,4,6-7,9-10,13-17,19H2,(H,30,31)(H,35,36). The molecule has 2 fully saturated rings. The van der Waals surface area contributed by atoms with E-state index >= 15 is 0 Å². The van der Waals surface area contributed by atoms with Gasteiger partial charge in [0.15, 0.2) is 0 Å². The molecule has 1 aromatic carbocycles. The maximum atomic E-state index is 12.4. The zero-order valence-corrected chi connectivity index (χ0v) is 21.4. The minimum atomic E-state index is -0.822. The number of anilines is 1. The van der Waals surface area contributed by atoms with Crippen molar-refractivity contribution in [3.05, 3.63) is 53.3 Å². The van der Waals surface area contributed by atoms with E-state index in [1.165, 1.54) is 24.8 Å². The number of aromatic nitrogens is 3. The van der Waals surface area contributed by atoms with Crippen LogP contribution in [0.5, 0.6) is 0 Å². The molecule has 196 valence electrons. The van der Waals surface area contributed by atoms with Crippen molar-refractivity contribution in [3.63, 3.8) is 0 Å². The Morgan fingerprint density at radius 2 is 2.11 bits per heavy atom. The average Bonchev–Trinajstić information content (AvgIpc) is 3.42. The highest BCUT2D eigenvalue weighted by Gasteiger charge is 2.35. The summed E-state index contributed by atoms with van der Waals surface area (Å²) in [6.07, 6.45) is 10.8. The summed E-state index contributed by atoms with van der Waals surface area (Å²) >= 11 is 0. The van der Waals surface area contributed by atoms with Crippen LogP contribution in [0.15, 0.2) is 36.5 Å². The number of pyridine rings is 1. The lowest BCUT2D eigenvalue weighted by atomic mass is 10.0. The predicted octanol–water partition coefficient (Wildman–Crippen LogP) is 4.44. The van der Waals surface area contributed by atoms with Crippen LogP contribution in [0.1, 0.15) is 61.4 Å². The lowest BCUT2D eigenvalue weighted by Crippen LogP contribution is -2.33. The quantitative estimate of drug-likeness (QED) is 0.374. The highest BCUT2D eigenvalue weighted by atomic mass is 16.5. The molecule has 8 heteroatoms. The number of ether oxygens (including phenoxy) is 1. The Balaban J connectivity index is 1.01. The summed E-state index contributed by atoms with van der Waals surface area (Å²) < 4.78 is 8.18. The number of fused-ring (bicyclic) bond motifs is 2. The van der Waals surface area contributed by atoms with E-state index in [-0.39, 0.29) is 6.10 Å². The largest absolute Gasteiger partial charge is 0.480 e. The highest BCUT2D eigenvalue weighted by molar-refractivity contribution is 5.87. The van der Waals surface area contributed by atoms with Crippen LogP contribution in [0, 0.1) is 5.92 Å². The minimum Gasteiger partial charge on any atom is -0.480 e. The van der Waals surface area contributed by atoms with Crippen molar-refractivity contribution in [3.8, 4) is 0 Å². The van der Waals surface area contributed by atoms with Crippen molar-refractivity contribution in [2.45, 2.75) is 70.1 Å². The van der Waals surface area contributed by atoms with Gasteiger partial charge in [0.25, 0.3) is 0 Å². The van der Waals surface area contributed by atoms with Gasteiger partial charge in [0, 0.05) is 55.6 Å². The molecule has 4 heterocycles. The molecule has 0 bridgehead atoms. The lowest BCUT2D eigenvalue weighted by Gasteiger charge is -2.24. The summed E-state index contributed by atoms with van der Waals surface area (Å²) in [4.78, 5) is 19.3. The number of aryl methyl sites for hydroxylation is 2. The van der Waals surface area contributed by atoms with Crippen LogP contribution in [0.4, 0.5) is 5.82 Å². The van der Waals surface area contributed by atoms with E-state index in [2.05, 4.69) is 23.6 Å². The molecule has 37 heavy (non-hydrogen) atoms. The van der Waals surface area contributed by atoms with Crippen molar-refractivity contribution < 1.29 is 14.6 Å². The van der Waals surface area contributed by atoms with Gasteiger partial charge in [-0.25, -0.2) is 4.98 Å². The molecule has 8 nitrogen and oxygen atoms in total. The molecule has 0 amide bonds. The summed E-state index contributed by atoms with van der Waals surface area (Å²) in [5, 5.41) is 19.4. The van der Waals surface area contributed by atoms with E-state index in [0.29, 0.717) is 19.7 Å². The van der Waals surface area contributed by atoms with Crippen molar-refractivity contribution in [1.29, 1.82) is 0 Å². The maximum Gasteiger partial charge on any atom is 0.325 e. The molecule has 1 saturated carbocycles. The Morgan fingerprint density at radius 3 is 2.97 bits per heavy atom. The predicted molar refractivity (Wildman–Crippen MR) is 143 cm³/mol. The molecule has 2 atom stereocenters. The minimum absolute atomic E-state index is 0.0690. The number of hydrogen-bond acceptors (Lipinski definition) is 6. The first-order chi connectivity index (χ1) is 18.1. The van der Waals surface area contributed by atoms with Gasteiger partial charge in [0.1, 0.15) is 11.9 Å². The first-order valence-corrected chi connectivity index (χ1v) is 13.9. The van der Waals surface area contributed by atoms with Gasteiger partial charge in [-0.1, -0.05) is 24.3 Å². The molecule has 2 aliphatic heterocycles. The first-order valence-electron chi connectivity index (χ1n) is 13.9. The van der Waals surface area contributed by atoms with Crippen molar-refractivity contribution >= 4 is 22.7 Å². The second-order valence-corrected chi connectivity index (χ2v) is 10.9. The van der Waals surface area contributed by atoms with Gasteiger partial charge in [-0.05, 0) is 68.9 Å². The number of carboxylic acids is 1. The van der Waals surface area contributed by atoms with Gasteiger partial charge >= 0.3 is 5.97 Å². The Labute approximate surface area is 218 Å². The number of carboxylic acid groups (broad SMARTS) is 1. The van der Waals surface area contributed by atoms with Gasteiger partial charge < -0.3 is 15.2 Å². The number of hydrogen-bond donors (Lipinski definition) is 2. The highest BCUT2D eigenvalue weighted by Crippen LogP contribution is 2.33. The van der Waals surface area contributed by atoms with Crippen LogP contribution >= 0.6 is 0 Å². The van der Waals surface area contributed by atoms with Crippen LogP contribution in [0.25, 0.3) is 10.9 Å². The molecule has 1 saturated heterocycles. The lowest BCUT2D eigenvalue weighted by molar-refractivity contribution is -0.143. The van der Waals surface area contributed by atoms with E-state index < -0.39 is 12.0 Å². The monoisotopic (exact) mass is 503 g/mol. The van der Waals surface area contributed by atoms with E-state index in [0.717, 1.165) is 79.1 Å². The van der Waals surface area contributed by atoms with E-state index in [9.17, 15) is 9.90 Å². The van der Waals surface area contributed by atoms with E-state index in [1.54, 1.807) is 0 Å². The Bertz CT molecular complexity index is 1250. The molecule has 2 unspecified atom stereocenters. The number of aliphatic carboxylic acids is 1. The third-order valence-electron chi connectivity index (χ3n) is 7.96. The number of benzene rings is 1. The van der Waals surface area contributed by atoms with Gasteiger partial charge in [-0.2, -0.15) is 5.10 Å². The fraction of sp³-hybridized carbons (Fsp3) is 0.552. The van der Waals surface area contributed by atoms with Crippen LogP contribution in [-0.2, 0) is 28.9 Å². The Morgan fingerprint density at radius 1 is 1.19 bits per heavy atom. The maximum absolute atomic E-state index is 12.4. The summed E-state index contributed by atoms with van der Waals surface area (Å²) in [5.41, 5.74) is 4.06. The van der Waals surface area contributed by atoms with E-state index in [1.807, 2.05) is 27.8 Å². The topological polar surface area (TPSA) is 92.5 Å². The zero-order valence-electron chi connectivity index (χ0n) is 21.4. The molecule has 0 radical (unpaired) electrons. The third kappa shape index (κ3) is 5.65. The summed E-state index contributed by atoms with van der Waals surface area (Å²) in [6.45, 7) is 3.98. The zero-order chi connectivity index (χ0) is 25.2. The summed E-state index contributed by atoms with van der Waals surface area (Å²) in [6, 6.07) is 9.57.